The minimum atomic E-state index is -0.294. The predicted octanol–water partition coefficient (Wildman–Crippen LogP) is 3.69. The minimum Gasteiger partial charge on any atom is -0.436 e. The zero-order valence-corrected chi connectivity index (χ0v) is 14.4. The van der Waals surface area contributed by atoms with Crippen LogP contribution in [0.15, 0.2) is 34.9 Å². The summed E-state index contributed by atoms with van der Waals surface area (Å²) in [5.74, 6) is 0.439. The van der Waals surface area contributed by atoms with Gasteiger partial charge in [-0.15, -0.1) is 0 Å². The third-order valence-electron chi connectivity index (χ3n) is 4.55. The molecule has 0 bridgehead atoms. The Labute approximate surface area is 145 Å². The lowest BCUT2D eigenvalue weighted by Crippen LogP contribution is -2.18. The molecule has 6 nitrogen and oxygen atoms in total. The minimum absolute atomic E-state index is 0.248. The van der Waals surface area contributed by atoms with Gasteiger partial charge in [0, 0.05) is 31.6 Å². The fraction of sp³-hybridized carbons (Fsp3) is 0.316. The smallest absolute Gasteiger partial charge is 0.293 e. The highest BCUT2D eigenvalue weighted by Gasteiger charge is 2.20. The first-order valence-corrected chi connectivity index (χ1v) is 8.51. The van der Waals surface area contributed by atoms with Crippen LogP contribution < -0.4 is 10.2 Å². The molecule has 1 aliphatic rings. The molecular weight excluding hydrogens is 316 g/mol. The number of hydrogen-bond acceptors (Lipinski definition) is 5. The second kappa shape index (κ2) is 6.20. The molecule has 0 spiro atoms. The third kappa shape index (κ3) is 2.84. The third-order valence-corrected chi connectivity index (χ3v) is 4.55. The molecule has 1 aliphatic heterocycles. The molecule has 0 saturated carbocycles. The van der Waals surface area contributed by atoms with Crippen LogP contribution in [0.25, 0.3) is 10.9 Å². The molecule has 0 unspecified atom stereocenters. The molecule has 0 atom stereocenters. The number of benzene rings is 1. The van der Waals surface area contributed by atoms with E-state index in [4.69, 9.17) is 4.42 Å². The average Bonchev–Trinajstić information content (AvgIpc) is 3.24. The molecule has 128 valence electrons. The van der Waals surface area contributed by atoms with E-state index in [2.05, 4.69) is 20.2 Å². The lowest BCUT2D eigenvalue weighted by Gasteiger charge is -2.20. The maximum Gasteiger partial charge on any atom is 0.293 e. The monoisotopic (exact) mass is 336 g/mol. The van der Waals surface area contributed by atoms with Gasteiger partial charge >= 0.3 is 0 Å². The van der Waals surface area contributed by atoms with Gasteiger partial charge < -0.3 is 14.6 Å². The highest BCUT2D eigenvalue weighted by atomic mass is 16.4. The molecule has 2 aromatic heterocycles. The number of oxazole rings is 1. The number of hydrogen-bond donors (Lipinski definition) is 1. The number of aromatic nitrogens is 2. The highest BCUT2D eigenvalue weighted by molar-refractivity contribution is 6.09. The van der Waals surface area contributed by atoms with Crippen molar-refractivity contribution in [2.45, 2.75) is 26.7 Å². The van der Waals surface area contributed by atoms with Gasteiger partial charge in [0.1, 0.15) is 0 Å². The molecule has 1 aromatic carbocycles. The standard InChI is InChI=1S/C19H20N4O2/c1-12-18(25-13(2)21-12)19(24)22-15-7-8-16(23-10-3-4-11-23)17-14(15)6-5-9-20-17/h5-9H,3-4,10-11H2,1-2H3,(H,22,24). The Morgan fingerprint density at radius 2 is 2.00 bits per heavy atom. The van der Waals surface area contributed by atoms with Gasteiger partial charge in [0.15, 0.2) is 5.89 Å². The summed E-state index contributed by atoms with van der Waals surface area (Å²) >= 11 is 0. The number of rotatable bonds is 3. The van der Waals surface area contributed by atoms with Crippen molar-refractivity contribution in [3.63, 3.8) is 0 Å². The van der Waals surface area contributed by atoms with Gasteiger partial charge in [-0.05, 0) is 44.0 Å². The Bertz CT molecular complexity index is 942. The number of pyridine rings is 1. The van der Waals surface area contributed by atoms with E-state index in [-0.39, 0.29) is 11.7 Å². The molecule has 25 heavy (non-hydrogen) atoms. The molecule has 3 aromatic rings. The lowest BCUT2D eigenvalue weighted by molar-refractivity contribution is 0.0994. The molecule has 0 radical (unpaired) electrons. The van der Waals surface area contributed by atoms with E-state index in [9.17, 15) is 4.79 Å². The zero-order chi connectivity index (χ0) is 17.4. The number of fused-ring (bicyclic) bond motifs is 1. The van der Waals surface area contributed by atoms with Gasteiger partial charge in [-0.3, -0.25) is 9.78 Å². The Morgan fingerprint density at radius 3 is 2.72 bits per heavy atom. The fourth-order valence-corrected chi connectivity index (χ4v) is 3.40. The fourth-order valence-electron chi connectivity index (χ4n) is 3.40. The van der Waals surface area contributed by atoms with Crippen molar-refractivity contribution in [2.24, 2.45) is 0 Å². The van der Waals surface area contributed by atoms with Crippen LogP contribution in [0.4, 0.5) is 11.4 Å². The first kappa shape index (κ1) is 15.6. The second-order valence-electron chi connectivity index (χ2n) is 6.33. The summed E-state index contributed by atoms with van der Waals surface area (Å²) in [5, 5.41) is 3.87. The van der Waals surface area contributed by atoms with Crippen molar-refractivity contribution in [1.82, 2.24) is 9.97 Å². The molecule has 6 heteroatoms. The lowest BCUT2D eigenvalue weighted by atomic mass is 10.1. The van der Waals surface area contributed by atoms with Gasteiger partial charge in [-0.25, -0.2) is 4.98 Å². The highest BCUT2D eigenvalue weighted by Crippen LogP contribution is 2.32. The molecule has 1 N–H and O–H groups in total. The van der Waals surface area contributed by atoms with Crippen molar-refractivity contribution >= 4 is 28.2 Å². The van der Waals surface area contributed by atoms with Crippen LogP contribution in [0.2, 0.25) is 0 Å². The maximum absolute atomic E-state index is 12.6. The molecule has 1 amide bonds. The zero-order valence-electron chi connectivity index (χ0n) is 14.4. The van der Waals surface area contributed by atoms with Crippen LogP contribution in [0.1, 0.15) is 35.0 Å². The predicted molar refractivity (Wildman–Crippen MR) is 97.1 cm³/mol. The van der Waals surface area contributed by atoms with Crippen molar-refractivity contribution in [3.05, 3.63) is 47.8 Å². The van der Waals surface area contributed by atoms with Crippen LogP contribution in [0.3, 0.4) is 0 Å². The van der Waals surface area contributed by atoms with E-state index in [0.29, 0.717) is 11.6 Å². The first-order chi connectivity index (χ1) is 12.1. The quantitative estimate of drug-likeness (QED) is 0.790. The normalized spacial score (nSPS) is 14.2. The molecule has 1 saturated heterocycles. The number of anilines is 2. The number of aryl methyl sites for hydroxylation is 2. The summed E-state index contributed by atoms with van der Waals surface area (Å²) in [7, 11) is 0. The van der Waals surface area contributed by atoms with E-state index in [0.717, 1.165) is 35.4 Å². The Balaban J connectivity index is 1.72. The summed E-state index contributed by atoms with van der Waals surface area (Å²) in [5.41, 5.74) is 3.35. The van der Waals surface area contributed by atoms with Gasteiger partial charge in [-0.2, -0.15) is 0 Å². The summed E-state index contributed by atoms with van der Waals surface area (Å²) < 4.78 is 5.42. The van der Waals surface area contributed by atoms with Crippen LogP contribution in [-0.2, 0) is 0 Å². The summed E-state index contributed by atoms with van der Waals surface area (Å²) in [6.07, 6.45) is 4.20. The molecule has 0 aliphatic carbocycles. The number of carbonyl (C=O) groups excluding carboxylic acids is 1. The SMILES string of the molecule is Cc1nc(C)c(C(=O)Nc2ccc(N3CCCC3)c3ncccc23)o1. The molecule has 1 fully saturated rings. The van der Waals surface area contributed by atoms with Crippen molar-refractivity contribution in [1.29, 1.82) is 0 Å². The van der Waals surface area contributed by atoms with Crippen LogP contribution in [-0.4, -0.2) is 29.0 Å². The van der Waals surface area contributed by atoms with E-state index >= 15 is 0 Å². The average molecular weight is 336 g/mol. The number of carbonyl (C=O) groups is 1. The van der Waals surface area contributed by atoms with E-state index in [1.807, 2.05) is 24.3 Å². The van der Waals surface area contributed by atoms with Crippen LogP contribution >= 0.6 is 0 Å². The maximum atomic E-state index is 12.6. The van der Waals surface area contributed by atoms with Crippen LogP contribution in [0.5, 0.6) is 0 Å². The molecular formula is C19H20N4O2. The topological polar surface area (TPSA) is 71.3 Å². The van der Waals surface area contributed by atoms with Gasteiger partial charge in [-0.1, -0.05) is 0 Å². The van der Waals surface area contributed by atoms with E-state index in [1.54, 1.807) is 20.0 Å². The summed E-state index contributed by atoms with van der Waals surface area (Å²) in [6.45, 7) is 5.59. The Morgan fingerprint density at radius 1 is 1.20 bits per heavy atom. The van der Waals surface area contributed by atoms with E-state index in [1.165, 1.54) is 12.8 Å². The second-order valence-corrected chi connectivity index (χ2v) is 6.33. The number of amides is 1. The largest absolute Gasteiger partial charge is 0.436 e. The van der Waals surface area contributed by atoms with Gasteiger partial charge in [0.25, 0.3) is 5.91 Å². The number of nitrogens with one attached hydrogen (secondary N) is 1. The van der Waals surface area contributed by atoms with Gasteiger partial charge in [0.05, 0.1) is 22.6 Å². The molecule has 3 heterocycles. The number of nitrogens with zero attached hydrogens (tertiary/aromatic N) is 3. The van der Waals surface area contributed by atoms with E-state index < -0.39 is 0 Å². The Hall–Kier alpha value is -2.89. The summed E-state index contributed by atoms with van der Waals surface area (Å²) in [4.78, 5) is 23.6. The first-order valence-electron chi connectivity index (χ1n) is 8.51. The van der Waals surface area contributed by atoms with Crippen molar-refractivity contribution in [2.75, 3.05) is 23.3 Å². The summed E-state index contributed by atoms with van der Waals surface area (Å²) in [6, 6.07) is 7.84. The van der Waals surface area contributed by atoms with Crippen LogP contribution in [0, 0.1) is 13.8 Å². The van der Waals surface area contributed by atoms with Crippen molar-refractivity contribution < 1.29 is 9.21 Å². The molecule has 4 rings (SSSR count). The van der Waals surface area contributed by atoms with Crippen molar-refractivity contribution in [3.8, 4) is 0 Å². The Kier molecular flexibility index (Phi) is 3.87. The van der Waals surface area contributed by atoms with Gasteiger partial charge in [0.2, 0.25) is 5.76 Å².